The number of anilines is 1. The minimum Gasteiger partial charge on any atom is -0.369 e. The molecule has 18 heavy (non-hydrogen) atoms. The molecule has 0 amide bonds. The van der Waals surface area contributed by atoms with E-state index in [0.717, 1.165) is 19.1 Å². The van der Waals surface area contributed by atoms with Crippen molar-refractivity contribution in [2.24, 2.45) is 0 Å². The van der Waals surface area contributed by atoms with Gasteiger partial charge in [-0.25, -0.2) is 0 Å². The maximum Gasteiger partial charge on any atom is 0.0476 e. The largest absolute Gasteiger partial charge is 0.369 e. The Morgan fingerprint density at radius 1 is 1.17 bits per heavy atom. The van der Waals surface area contributed by atoms with Crippen LogP contribution in [0.4, 0.5) is 5.69 Å². The molecule has 2 nitrogen and oxygen atoms in total. The van der Waals surface area contributed by atoms with Gasteiger partial charge in [0, 0.05) is 43.8 Å². The Morgan fingerprint density at radius 2 is 1.89 bits per heavy atom. The third-order valence-electron chi connectivity index (χ3n) is 4.21. The average Bonchev–Trinajstić information content (AvgIpc) is 3.23. The zero-order chi connectivity index (χ0) is 12.5. The van der Waals surface area contributed by atoms with Crippen LogP contribution in [0.1, 0.15) is 24.0 Å². The topological polar surface area (TPSA) is 6.48 Å². The first-order chi connectivity index (χ1) is 8.78. The lowest BCUT2D eigenvalue weighted by atomic mass is 10.1. The Labute approximate surface area is 115 Å². The SMILES string of the molecule is Cc1cc(N2CCN(C3CC3)CC2)ccc1CCl. The number of rotatable bonds is 3. The van der Waals surface area contributed by atoms with Crippen LogP contribution in [0.15, 0.2) is 18.2 Å². The highest BCUT2D eigenvalue weighted by Crippen LogP contribution is 2.29. The van der Waals surface area contributed by atoms with Gasteiger partial charge in [-0.05, 0) is 43.0 Å². The molecule has 1 heterocycles. The molecule has 0 aromatic heterocycles. The third kappa shape index (κ3) is 2.50. The maximum absolute atomic E-state index is 5.91. The lowest BCUT2D eigenvalue weighted by Crippen LogP contribution is -2.47. The number of alkyl halides is 1. The summed E-state index contributed by atoms with van der Waals surface area (Å²) in [5, 5.41) is 0. The number of halogens is 1. The van der Waals surface area contributed by atoms with E-state index in [1.54, 1.807) is 0 Å². The Balaban J connectivity index is 1.66. The highest BCUT2D eigenvalue weighted by Gasteiger charge is 2.31. The number of piperazine rings is 1. The Morgan fingerprint density at radius 3 is 2.44 bits per heavy atom. The van der Waals surface area contributed by atoms with E-state index in [-0.39, 0.29) is 0 Å². The summed E-state index contributed by atoms with van der Waals surface area (Å²) >= 11 is 5.91. The average molecular weight is 265 g/mol. The van der Waals surface area contributed by atoms with Gasteiger partial charge in [0.05, 0.1) is 0 Å². The van der Waals surface area contributed by atoms with Crippen molar-refractivity contribution < 1.29 is 0 Å². The van der Waals surface area contributed by atoms with E-state index in [0.29, 0.717) is 5.88 Å². The van der Waals surface area contributed by atoms with Gasteiger partial charge < -0.3 is 4.90 Å². The molecule has 1 aromatic rings. The zero-order valence-corrected chi connectivity index (χ0v) is 11.8. The molecule has 0 N–H and O–H groups in total. The number of aryl methyl sites for hydroxylation is 1. The normalized spacial score (nSPS) is 21.3. The summed E-state index contributed by atoms with van der Waals surface area (Å²) in [5.41, 5.74) is 3.92. The Bertz CT molecular complexity index is 421. The van der Waals surface area contributed by atoms with Gasteiger partial charge in [0.2, 0.25) is 0 Å². The smallest absolute Gasteiger partial charge is 0.0476 e. The first kappa shape index (κ1) is 12.3. The second kappa shape index (κ2) is 5.10. The number of hydrogen-bond acceptors (Lipinski definition) is 2. The molecule has 1 aliphatic heterocycles. The van der Waals surface area contributed by atoms with Crippen LogP contribution in [0.2, 0.25) is 0 Å². The summed E-state index contributed by atoms with van der Waals surface area (Å²) in [4.78, 5) is 5.15. The van der Waals surface area contributed by atoms with E-state index in [2.05, 4.69) is 34.9 Å². The van der Waals surface area contributed by atoms with E-state index in [9.17, 15) is 0 Å². The molecule has 0 radical (unpaired) electrons. The molecule has 98 valence electrons. The molecular formula is C15H21ClN2. The van der Waals surface area contributed by atoms with Crippen LogP contribution >= 0.6 is 11.6 Å². The monoisotopic (exact) mass is 264 g/mol. The quantitative estimate of drug-likeness (QED) is 0.775. The molecule has 0 atom stereocenters. The van der Waals surface area contributed by atoms with Crippen molar-refractivity contribution in [1.82, 2.24) is 4.90 Å². The van der Waals surface area contributed by atoms with Crippen molar-refractivity contribution >= 4 is 17.3 Å². The Kier molecular flexibility index (Phi) is 3.49. The summed E-state index contributed by atoms with van der Waals surface area (Å²) < 4.78 is 0. The highest BCUT2D eigenvalue weighted by molar-refractivity contribution is 6.17. The number of hydrogen-bond donors (Lipinski definition) is 0. The minimum absolute atomic E-state index is 0.613. The summed E-state index contributed by atoms with van der Waals surface area (Å²) in [7, 11) is 0. The molecular weight excluding hydrogens is 244 g/mol. The van der Waals surface area contributed by atoms with E-state index in [1.807, 2.05) is 0 Å². The maximum atomic E-state index is 5.91. The molecule has 2 fully saturated rings. The van der Waals surface area contributed by atoms with Crippen molar-refractivity contribution in [1.29, 1.82) is 0 Å². The second-order valence-corrected chi connectivity index (χ2v) is 5.77. The van der Waals surface area contributed by atoms with Crippen LogP contribution in [0, 0.1) is 6.92 Å². The fourth-order valence-corrected chi connectivity index (χ4v) is 3.11. The molecule has 2 aliphatic rings. The van der Waals surface area contributed by atoms with Crippen LogP contribution < -0.4 is 4.90 Å². The van der Waals surface area contributed by atoms with Gasteiger partial charge in [-0.2, -0.15) is 0 Å². The standard InChI is InChI=1S/C15H21ClN2/c1-12-10-15(3-2-13(12)11-16)18-8-6-17(7-9-18)14-4-5-14/h2-3,10,14H,4-9,11H2,1H3. The molecule has 1 saturated carbocycles. The highest BCUT2D eigenvalue weighted by atomic mass is 35.5. The molecule has 3 rings (SSSR count). The van der Waals surface area contributed by atoms with Crippen molar-refractivity contribution in [3.63, 3.8) is 0 Å². The zero-order valence-electron chi connectivity index (χ0n) is 11.0. The predicted octanol–water partition coefficient (Wildman–Crippen LogP) is 3.02. The van der Waals surface area contributed by atoms with E-state index in [4.69, 9.17) is 11.6 Å². The lowest BCUT2D eigenvalue weighted by Gasteiger charge is -2.36. The van der Waals surface area contributed by atoms with Crippen LogP contribution in [0.5, 0.6) is 0 Å². The molecule has 1 saturated heterocycles. The number of nitrogens with zero attached hydrogens (tertiary/aromatic N) is 2. The third-order valence-corrected chi connectivity index (χ3v) is 4.50. The molecule has 3 heteroatoms. The molecule has 0 spiro atoms. The first-order valence-electron chi connectivity index (χ1n) is 6.92. The van der Waals surface area contributed by atoms with Crippen LogP contribution in [-0.2, 0) is 5.88 Å². The molecule has 1 aliphatic carbocycles. The summed E-state index contributed by atoms with van der Waals surface area (Å²) in [6.07, 6.45) is 2.84. The second-order valence-electron chi connectivity index (χ2n) is 5.50. The van der Waals surface area contributed by atoms with Gasteiger partial charge in [-0.15, -0.1) is 11.6 Å². The lowest BCUT2D eigenvalue weighted by molar-refractivity contribution is 0.248. The van der Waals surface area contributed by atoms with Crippen LogP contribution in [0.25, 0.3) is 0 Å². The van der Waals surface area contributed by atoms with Gasteiger partial charge in [-0.3, -0.25) is 4.90 Å². The van der Waals surface area contributed by atoms with Gasteiger partial charge >= 0.3 is 0 Å². The van der Waals surface area contributed by atoms with Gasteiger partial charge in [0.1, 0.15) is 0 Å². The summed E-state index contributed by atoms with van der Waals surface area (Å²) in [6, 6.07) is 7.58. The molecule has 0 unspecified atom stereocenters. The van der Waals surface area contributed by atoms with Gasteiger partial charge in [0.25, 0.3) is 0 Å². The van der Waals surface area contributed by atoms with Gasteiger partial charge in [-0.1, -0.05) is 6.07 Å². The van der Waals surface area contributed by atoms with Crippen molar-refractivity contribution in [2.45, 2.75) is 31.7 Å². The van der Waals surface area contributed by atoms with Crippen molar-refractivity contribution in [2.75, 3.05) is 31.1 Å². The molecule has 0 bridgehead atoms. The minimum atomic E-state index is 0.613. The van der Waals surface area contributed by atoms with Gasteiger partial charge in [0.15, 0.2) is 0 Å². The van der Waals surface area contributed by atoms with Crippen molar-refractivity contribution in [3.05, 3.63) is 29.3 Å². The summed E-state index contributed by atoms with van der Waals surface area (Å²) in [5.74, 6) is 0.613. The van der Waals surface area contributed by atoms with Crippen LogP contribution in [0.3, 0.4) is 0 Å². The van der Waals surface area contributed by atoms with Crippen molar-refractivity contribution in [3.8, 4) is 0 Å². The van der Waals surface area contributed by atoms with E-state index >= 15 is 0 Å². The van der Waals surface area contributed by atoms with Crippen LogP contribution in [-0.4, -0.2) is 37.1 Å². The Hall–Kier alpha value is -0.730. The van der Waals surface area contributed by atoms with E-state index < -0.39 is 0 Å². The number of benzene rings is 1. The first-order valence-corrected chi connectivity index (χ1v) is 7.46. The van der Waals surface area contributed by atoms with E-state index in [1.165, 1.54) is 42.7 Å². The predicted molar refractivity (Wildman–Crippen MR) is 77.5 cm³/mol. The fourth-order valence-electron chi connectivity index (χ4n) is 2.81. The molecule has 1 aromatic carbocycles. The fraction of sp³-hybridized carbons (Fsp3) is 0.600. The summed E-state index contributed by atoms with van der Waals surface area (Å²) in [6.45, 7) is 6.93.